The summed E-state index contributed by atoms with van der Waals surface area (Å²) in [5.74, 6) is -1.20. The number of aromatic nitrogens is 1. The van der Waals surface area contributed by atoms with Gasteiger partial charge in [-0.25, -0.2) is 4.79 Å². The summed E-state index contributed by atoms with van der Waals surface area (Å²) in [6.45, 7) is 6.39. The number of pyridine rings is 1. The van der Waals surface area contributed by atoms with Gasteiger partial charge in [0.15, 0.2) is 5.43 Å². The van der Waals surface area contributed by atoms with Crippen LogP contribution in [0.25, 0.3) is 32.7 Å². The second kappa shape index (κ2) is 6.44. The van der Waals surface area contributed by atoms with Gasteiger partial charge >= 0.3 is 5.97 Å². The van der Waals surface area contributed by atoms with Gasteiger partial charge in [0.05, 0.1) is 12.0 Å². The van der Waals surface area contributed by atoms with Crippen molar-refractivity contribution in [3.8, 4) is 21.7 Å². The first-order chi connectivity index (χ1) is 14.3. The van der Waals surface area contributed by atoms with E-state index >= 15 is 0 Å². The minimum atomic E-state index is -1.20. The predicted octanol–water partition coefficient (Wildman–Crippen LogP) is 5.83. The van der Waals surface area contributed by atoms with Crippen molar-refractivity contribution in [3.63, 3.8) is 0 Å². The first-order valence-electron chi connectivity index (χ1n) is 9.82. The normalized spacial score (nSPS) is 15.8. The highest BCUT2D eigenvalue weighted by molar-refractivity contribution is 7.13. The maximum absolute atomic E-state index is 12.6. The monoisotopic (exact) mass is 419 g/mol. The molecule has 3 aromatic heterocycles. The SMILES string of the molecule is CC(C)(C)[C@@H]1Cc2c(cc(-c3cccs3)c3ccoc23)-c2cc(=O)c(C(=O)O)cn21. The van der Waals surface area contributed by atoms with Gasteiger partial charge < -0.3 is 14.1 Å². The van der Waals surface area contributed by atoms with E-state index < -0.39 is 11.4 Å². The van der Waals surface area contributed by atoms with Gasteiger partial charge in [-0.05, 0) is 35.4 Å². The van der Waals surface area contributed by atoms with Crippen LogP contribution < -0.4 is 5.43 Å². The molecule has 0 spiro atoms. The predicted molar refractivity (Wildman–Crippen MR) is 118 cm³/mol. The molecule has 1 aliphatic rings. The Morgan fingerprint density at radius 3 is 2.70 bits per heavy atom. The molecule has 0 aliphatic carbocycles. The fourth-order valence-electron chi connectivity index (χ4n) is 4.45. The highest BCUT2D eigenvalue weighted by atomic mass is 32.1. The lowest BCUT2D eigenvalue weighted by atomic mass is 9.78. The van der Waals surface area contributed by atoms with Gasteiger partial charge in [-0.3, -0.25) is 4.79 Å². The van der Waals surface area contributed by atoms with Gasteiger partial charge in [-0.1, -0.05) is 26.8 Å². The van der Waals surface area contributed by atoms with Crippen molar-refractivity contribution in [1.29, 1.82) is 0 Å². The molecule has 1 N–H and O–H groups in total. The molecular weight excluding hydrogens is 398 g/mol. The smallest absolute Gasteiger partial charge is 0.341 e. The minimum absolute atomic E-state index is 0.0143. The number of carboxylic acids is 1. The Hall–Kier alpha value is -3.12. The number of hydrogen-bond acceptors (Lipinski definition) is 4. The average molecular weight is 420 g/mol. The summed E-state index contributed by atoms with van der Waals surface area (Å²) in [6, 6.07) is 9.64. The van der Waals surface area contributed by atoms with Gasteiger partial charge in [0.2, 0.25) is 0 Å². The highest BCUT2D eigenvalue weighted by Gasteiger charge is 2.35. The molecule has 0 saturated carbocycles. The molecule has 30 heavy (non-hydrogen) atoms. The molecule has 1 aromatic carbocycles. The van der Waals surface area contributed by atoms with Crippen LogP contribution in [-0.2, 0) is 6.42 Å². The van der Waals surface area contributed by atoms with Crippen LogP contribution >= 0.6 is 11.3 Å². The van der Waals surface area contributed by atoms with Crippen molar-refractivity contribution >= 4 is 28.3 Å². The highest BCUT2D eigenvalue weighted by Crippen LogP contribution is 2.47. The lowest BCUT2D eigenvalue weighted by molar-refractivity contribution is 0.0693. The lowest BCUT2D eigenvalue weighted by Gasteiger charge is -2.39. The number of aromatic carboxylic acids is 1. The molecule has 0 bridgehead atoms. The number of nitrogens with zero attached hydrogens (tertiary/aromatic N) is 1. The molecule has 4 aromatic rings. The van der Waals surface area contributed by atoms with Gasteiger partial charge in [-0.15, -0.1) is 11.3 Å². The van der Waals surface area contributed by atoms with Crippen molar-refractivity contribution in [2.75, 3.05) is 0 Å². The molecule has 0 fully saturated rings. The molecule has 5 rings (SSSR count). The van der Waals surface area contributed by atoms with Crippen molar-refractivity contribution < 1.29 is 14.3 Å². The van der Waals surface area contributed by atoms with Crippen LogP contribution in [0.4, 0.5) is 0 Å². The van der Waals surface area contributed by atoms with Crippen LogP contribution in [0.3, 0.4) is 0 Å². The number of benzene rings is 1. The third kappa shape index (κ3) is 2.75. The lowest BCUT2D eigenvalue weighted by Crippen LogP contribution is -2.32. The molecular formula is C24H21NO4S. The van der Waals surface area contributed by atoms with E-state index in [1.807, 2.05) is 22.1 Å². The molecule has 0 unspecified atom stereocenters. The number of carboxylic acid groups (broad SMARTS) is 1. The fraction of sp³-hybridized carbons (Fsp3) is 0.250. The Kier molecular flexibility index (Phi) is 4.05. The summed E-state index contributed by atoms with van der Waals surface area (Å²) in [5.41, 5.74) is 3.80. The van der Waals surface area contributed by atoms with E-state index in [1.165, 1.54) is 12.3 Å². The zero-order chi connectivity index (χ0) is 21.2. The maximum atomic E-state index is 12.6. The van der Waals surface area contributed by atoms with Crippen LogP contribution in [0.5, 0.6) is 0 Å². The third-order valence-corrected chi connectivity index (χ3v) is 6.85. The average Bonchev–Trinajstić information content (AvgIpc) is 3.37. The van der Waals surface area contributed by atoms with Crippen LogP contribution in [0.2, 0.25) is 0 Å². The first-order valence-corrected chi connectivity index (χ1v) is 10.7. The number of carbonyl (C=O) groups is 1. The zero-order valence-corrected chi connectivity index (χ0v) is 17.7. The number of fused-ring (bicyclic) bond motifs is 5. The topological polar surface area (TPSA) is 72.4 Å². The van der Waals surface area contributed by atoms with E-state index in [2.05, 4.69) is 32.9 Å². The maximum Gasteiger partial charge on any atom is 0.341 e. The molecule has 0 saturated heterocycles. The number of thiophene rings is 1. The Labute approximate surface area is 177 Å². The quantitative estimate of drug-likeness (QED) is 0.444. The van der Waals surface area contributed by atoms with Gasteiger partial charge in [0.25, 0.3) is 0 Å². The molecule has 5 nitrogen and oxygen atoms in total. The number of hydrogen-bond donors (Lipinski definition) is 1. The van der Waals surface area contributed by atoms with E-state index in [9.17, 15) is 14.7 Å². The summed E-state index contributed by atoms with van der Waals surface area (Å²) in [4.78, 5) is 25.4. The molecule has 1 aliphatic heterocycles. The fourth-order valence-corrected chi connectivity index (χ4v) is 5.21. The Balaban J connectivity index is 1.88. The van der Waals surface area contributed by atoms with Gasteiger partial charge in [0, 0.05) is 45.3 Å². The molecule has 0 amide bonds. The Morgan fingerprint density at radius 2 is 2.03 bits per heavy atom. The van der Waals surface area contributed by atoms with E-state index in [0.29, 0.717) is 6.42 Å². The standard InChI is InChI=1S/C24H21NO4S/c1-24(2,3)21-10-16-14(18-11-19(26)17(23(27)28)12-25(18)21)9-15(20-5-4-8-30-20)13-6-7-29-22(13)16/h4-9,11-12,21H,10H2,1-3H3,(H,27,28)/t21-/m0/s1. The van der Waals surface area contributed by atoms with Crippen LogP contribution in [0.15, 0.2) is 57.4 Å². The summed E-state index contributed by atoms with van der Waals surface area (Å²) in [5, 5.41) is 12.6. The van der Waals surface area contributed by atoms with Gasteiger partial charge in [-0.2, -0.15) is 0 Å². The Bertz CT molecular complexity index is 1350. The summed E-state index contributed by atoms with van der Waals surface area (Å²) >= 11 is 1.65. The third-order valence-electron chi connectivity index (χ3n) is 5.95. The van der Waals surface area contributed by atoms with Crippen molar-refractivity contribution in [3.05, 3.63) is 69.5 Å². The molecule has 4 heterocycles. The summed E-state index contributed by atoms with van der Waals surface area (Å²) in [7, 11) is 0. The van der Waals surface area contributed by atoms with Crippen molar-refractivity contribution in [2.24, 2.45) is 5.41 Å². The summed E-state index contributed by atoms with van der Waals surface area (Å²) < 4.78 is 7.92. The van der Waals surface area contributed by atoms with E-state index in [4.69, 9.17) is 4.42 Å². The summed E-state index contributed by atoms with van der Waals surface area (Å²) in [6.07, 6.45) is 3.92. The molecule has 6 heteroatoms. The van der Waals surface area contributed by atoms with Crippen LogP contribution in [-0.4, -0.2) is 15.6 Å². The first kappa shape index (κ1) is 18.9. The van der Waals surface area contributed by atoms with E-state index in [-0.39, 0.29) is 17.0 Å². The largest absolute Gasteiger partial charge is 0.477 e. The number of rotatable bonds is 2. The van der Waals surface area contributed by atoms with E-state index in [1.54, 1.807) is 17.6 Å². The van der Waals surface area contributed by atoms with Crippen molar-refractivity contribution in [2.45, 2.75) is 33.2 Å². The van der Waals surface area contributed by atoms with Gasteiger partial charge in [0.1, 0.15) is 11.1 Å². The molecule has 152 valence electrons. The molecule has 1 atom stereocenters. The number of furan rings is 1. The van der Waals surface area contributed by atoms with E-state index in [0.717, 1.165) is 38.2 Å². The molecule has 0 radical (unpaired) electrons. The minimum Gasteiger partial charge on any atom is -0.477 e. The Morgan fingerprint density at radius 1 is 1.23 bits per heavy atom. The van der Waals surface area contributed by atoms with Crippen LogP contribution in [0, 0.1) is 5.41 Å². The van der Waals surface area contributed by atoms with Crippen LogP contribution in [0.1, 0.15) is 42.7 Å². The zero-order valence-electron chi connectivity index (χ0n) is 16.9. The second-order valence-corrected chi connectivity index (χ2v) is 9.77. The van der Waals surface area contributed by atoms with Crippen molar-refractivity contribution in [1.82, 2.24) is 4.57 Å². The second-order valence-electron chi connectivity index (χ2n) is 8.83.